The molecule has 28 aromatic rings. The molecule has 0 aliphatic carbocycles. The van der Waals surface area contributed by atoms with Crippen molar-refractivity contribution in [2.75, 3.05) is 0 Å². The van der Waals surface area contributed by atoms with Gasteiger partial charge in [0.2, 0.25) is 0 Å². The highest BCUT2D eigenvalue weighted by Gasteiger charge is 2.25. The zero-order valence-electron chi connectivity index (χ0n) is 61.4. The lowest BCUT2D eigenvalue weighted by Gasteiger charge is -2.10. The highest BCUT2D eigenvalue weighted by atomic mass is 32.1. The highest BCUT2D eigenvalue weighted by Crippen LogP contribution is 2.50. The summed E-state index contributed by atoms with van der Waals surface area (Å²) in [5, 5.41) is 32.6. The molecule has 6 nitrogen and oxygen atoms in total. The Hall–Kier alpha value is -14.3. The van der Waals surface area contributed by atoms with Gasteiger partial charge in [-0.2, -0.15) is 0 Å². The molecular weight excluding hydrogens is 1460 g/mol. The van der Waals surface area contributed by atoms with Crippen LogP contribution in [0.3, 0.4) is 0 Å². The Morgan fingerprint density at radius 1 is 0.174 bits per heavy atom. The predicted molar refractivity (Wildman–Crippen MR) is 493 cm³/mol. The molecule has 0 aliphatic heterocycles. The van der Waals surface area contributed by atoms with Crippen molar-refractivity contribution in [3.63, 3.8) is 0 Å². The summed E-state index contributed by atoms with van der Waals surface area (Å²) in [5.74, 6) is 0. The van der Waals surface area contributed by atoms with Crippen LogP contribution in [0.25, 0.3) is 252 Å². The van der Waals surface area contributed by atoms with Gasteiger partial charge in [0.15, 0.2) is 0 Å². The van der Waals surface area contributed by atoms with Crippen LogP contribution in [0.4, 0.5) is 0 Å². The Morgan fingerprint density at radius 2 is 0.539 bits per heavy atom. The molecule has 9 aromatic heterocycles. The number of rotatable bonds is 3. The molecule has 0 N–H and O–H groups in total. The number of aromatic nitrogens is 3. The molecule has 0 saturated carbocycles. The van der Waals surface area contributed by atoms with Crippen molar-refractivity contribution < 1.29 is 13.3 Å². The van der Waals surface area contributed by atoms with Crippen LogP contribution in [0, 0.1) is 0 Å². The van der Waals surface area contributed by atoms with Crippen molar-refractivity contribution in [3.05, 3.63) is 358 Å². The van der Waals surface area contributed by atoms with E-state index in [1.54, 1.807) is 0 Å². The number of thiophene rings is 3. The third kappa shape index (κ3) is 9.37. The average Bonchev–Trinajstić information content (AvgIpc) is 1.54. The molecular formula is C106H59N3O3S3. The summed E-state index contributed by atoms with van der Waals surface area (Å²) in [7, 11) is 0. The van der Waals surface area contributed by atoms with Gasteiger partial charge in [0.25, 0.3) is 0 Å². The molecule has 0 radical (unpaired) electrons. The molecule has 0 spiro atoms. The number of nitrogens with zero attached hydrogens (tertiary/aromatic N) is 3. The van der Waals surface area contributed by atoms with Crippen molar-refractivity contribution in [2.24, 2.45) is 0 Å². The number of furan rings is 3. The monoisotopic (exact) mass is 1520 g/mol. The summed E-state index contributed by atoms with van der Waals surface area (Å²) in [6, 6.07) is 130. The van der Waals surface area contributed by atoms with Crippen LogP contribution in [0.1, 0.15) is 0 Å². The zero-order chi connectivity index (χ0) is 74.8. The molecule has 0 saturated heterocycles. The summed E-state index contributed by atoms with van der Waals surface area (Å²) in [4.78, 5) is 0. The standard InChI is InChI=1S/C38H21NOS.2C34H19NOS/c1-2-10-23-20-33-29(19-22(23)9-1)30-21-24(17-18-32(30)40-33)39-31-15-7-5-13-27(31)35-25-11-3-4-12-26(25)36-28-14-6-8-16-34(28)41-38(36)37(35)39;1-2-8-21-16-34-27(15-20(21)7-1)28-17-22(13-14-33(28)37-34)35-29-11-5-3-9-23(29)25-18-26-24-10-4-6-12-31(24)36-32(26)19-30(25)35;1-2-8-21-16-32-26(15-20(21)7-1)27-17-22(13-14-31(27)36-32)35-29-11-5-3-9-23(29)25-18-28-24-10-4-6-12-33(24)37-34(28)19-30(25)35/h1-21H;2*1-19H. The quantitative estimate of drug-likeness (QED) is 0.177. The Balaban J connectivity index is 0.0000000949. The van der Waals surface area contributed by atoms with Gasteiger partial charge in [-0.05, 0) is 189 Å². The van der Waals surface area contributed by atoms with E-state index in [1.807, 2.05) is 46.1 Å². The molecule has 9 heteroatoms. The van der Waals surface area contributed by atoms with E-state index in [-0.39, 0.29) is 0 Å². The minimum atomic E-state index is 0.914. The Labute approximate surface area is 665 Å². The molecule has 0 amide bonds. The van der Waals surface area contributed by atoms with Gasteiger partial charge < -0.3 is 27.0 Å². The largest absolute Gasteiger partial charge is 0.456 e. The lowest BCUT2D eigenvalue weighted by Crippen LogP contribution is -1.94. The second-order valence-electron chi connectivity index (χ2n) is 30.5. The minimum absolute atomic E-state index is 0.914. The van der Waals surface area contributed by atoms with Crippen molar-refractivity contribution in [3.8, 4) is 17.1 Å². The van der Waals surface area contributed by atoms with Gasteiger partial charge in [0.05, 0.1) is 37.8 Å². The van der Waals surface area contributed by atoms with Crippen LogP contribution in [-0.2, 0) is 0 Å². The maximum absolute atomic E-state index is 6.37. The predicted octanol–water partition coefficient (Wildman–Crippen LogP) is 31.8. The zero-order valence-corrected chi connectivity index (χ0v) is 63.8. The number of para-hydroxylation sites is 4. The first kappa shape index (κ1) is 63.3. The van der Waals surface area contributed by atoms with Gasteiger partial charge in [0.1, 0.15) is 33.5 Å². The van der Waals surface area contributed by atoms with Crippen LogP contribution in [-0.4, -0.2) is 13.7 Å². The number of hydrogen-bond acceptors (Lipinski definition) is 6. The fourth-order valence-corrected chi connectivity index (χ4v) is 22.6. The van der Waals surface area contributed by atoms with Gasteiger partial charge >= 0.3 is 0 Å². The first-order valence-electron chi connectivity index (χ1n) is 39.0. The molecule has 0 bridgehead atoms. The van der Waals surface area contributed by atoms with Crippen molar-refractivity contribution >= 4 is 269 Å². The topological polar surface area (TPSA) is 54.2 Å². The van der Waals surface area contributed by atoms with E-state index in [1.165, 1.54) is 169 Å². The van der Waals surface area contributed by atoms with E-state index in [4.69, 9.17) is 13.3 Å². The fraction of sp³-hybridized carbons (Fsp3) is 0. The molecule has 28 rings (SSSR count). The van der Waals surface area contributed by atoms with E-state index < -0.39 is 0 Å². The first-order valence-corrected chi connectivity index (χ1v) is 41.4. The van der Waals surface area contributed by atoms with Crippen LogP contribution in [0.2, 0.25) is 0 Å². The fourth-order valence-electron chi connectivity index (χ4n) is 19.1. The normalized spacial score (nSPS) is 12.3. The first-order chi connectivity index (χ1) is 57.0. The number of fused-ring (bicyclic) bond motifs is 34. The van der Waals surface area contributed by atoms with Gasteiger partial charge in [-0.15, -0.1) is 34.0 Å². The summed E-state index contributed by atoms with van der Waals surface area (Å²) < 4.78 is 34.2. The van der Waals surface area contributed by atoms with Gasteiger partial charge in [-0.1, -0.05) is 206 Å². The molecule has 534 valence electrons. The van der Waals surface area contributed by atoms with Crippen molar-refractivity contribution in [1.82, 2.24) is 13.7 Å². The van der Waals surface area contributed by atoms with E-state index >= 15 is 0 Å². The molecule has 0 fully saturated rings. The minimum Gasteiger partial charge on any atom is -0.456 e. The lowest BCUT2D eigenvalue weighted by atomic mass is 9.99. The van der Waals surface area contributed by atoms with Gasteiger partial charge in [-0.3, -0.25) is 0 Å². The van der Waals surface area contributed by atoms with E-state index in [0.29, 0.717) is 0 Å². The maximum Gasteiger partial charge on any atom is 0.137 e. The van der Waals surface area contributed by atoms with Crippen LogP contribution in [0.5, 0.6) is 0 Å². The Bertz CT molecular complexity index is 8760. The molecule has 0 aliphatic rings. The number of benzene rings is 19. The van der Waals surface area contributed by atoms with Crippen molar-refractivity contribution in [2.45, 2.75) is 0 Å². The highest BCUT2D eigenvalue weighted by molar-refractivity contribution is 7.27. The van der Waals surface area contributed by atoms with Crippen LogP contribution < -0.4 is 0 Å². The van der Waals surface area contributed by atoms with Crippen LogP contribution >= 0.6 is 34.0 Å². The third-order valence-electron chi connectivity index (χ3n) is 24.2. The van der Waals surface area contributed by atoms with Gasteiger partial charge in [0, 0.05) is 144 Å². The molecule has 0 unspecified atom stereocenters. The molecule has 115 heavy (non-hydrogen) atoms. The summed E-state index contributed by atoms with van der Waals surface area (Å²) in [6.45, 7) is 0. The SMILES string of the molecule is c1ccc2cc3c(cc2c1)oc1ccc(-n2c4ccccc4c4c5ccccc5c5c6ccccc6sc5c42)cc13.c1ccc2cc3c(cc2c1)oc1ccc(-n2c4ccccc4c4cc5c(cc42)sc2ccccc25)cc13.c1ccc2cc3c(cc2c1)sc1ccc(-n2c4ccccc4c4cc5c(cc42)oc2ccccc25)cc13. The van der Waals surface area contributed by atoms with E-state index in [2.05, 4.69) is 359 Å². The molecule has 9 heterocycles. The second-order valence-corrected chi connectivity index (χ2v) is 33.7. The summed E-state index contributed by atoms with van der Waals surface area (Å²) in [6.07, 6.45) is 0. The maximum atomic E-state index is 6.37. The third-order valence-corrected chi connectivity index (χ3v) is 27.7. The second kappa shape index (κ2) is 24.1. The summed E-state index contributed by atoms with van der Waals surface area (Å²) >= 11 is 5.64. The van der Waals surface area contributed by atoms with Crippen LogP contribution in [0.15, 0.2) is 371 Å². The Morgan fingerprint density at radius 3 is 1.15 bits per heavy atom. The lowest BCUT2D eigenvalue weighted by molar-refractivity contribution is 0.669. The van der Waals surface area contributed by atoms with Gasteiger partial charge in [-0.25, -0.2) is 0 Å². The molecule has 19 aromatic carbocycles. The van der Waals surface area contributed by atoms with E-state index in [0.717, 1.165) is 82.7 Å². The van der Waals surface area contributed by atoms with Crippen molar-refractivity contribution in [1.29, 1.82) is 0 Å². The number of hydrogen-bond donors (Lipinski definition) is 0. The summed E-state index contributed by atoms with van der Waals surface area (Å²) in [5.41, 5.74) is 16.3. The van der Waals surface area contributed by atoms with E-state index in [9.17, 15) is 0 Å². The molecule has 0 atom stereocenters. The smallest absolute Gasteiger partial charge is 0.137 e. The average molecular weight is 1520 g/mol. The Kier molecular flexibility index (Phi) is 13.3.